The maximum absolute atomic E-state index is 11.3. The summed E-state index contributed by atoms with van der Waals surface area (Å²) >= 11 is 0. The number of hydrogen-bond acceptors (Lipinski definition) is 3. The second-order valence-electron chi connectivity index (χ2n) is 4.59. The van der Waals surface area contributed by atoms with E-state index < -0.39 is 8.46 Å². The number of rotatable bonds is 5. The fourth-order valence-electron chi connectivity index (χ4n) is 1.98. The molecule has 1 unspecified atom stereocenters. The second-order valence-corrected chi connectivity index (χ2v) is 5.33. The molecule has 0 N–H and O–H groups in total. The minimum Gasteiger partial charge on any atom is -0.457 e. The van der Waals surface area contributed by atoms with Crippen LogP contribution in [-0.4, -0.2) is 0 Å². The van der Waals surface area contributed by atoms with Crippen molar-refractivity contribution >= 4 is 13.8 Å². The van der Waals surface area contributed by atoms with Crippen molar-refractivity contribution in [3.05, 3.63) is 78.9 Å². The van der Waals surface area contributed by atoms with E-state index in [1.54, 1.807) is 18.2 Å². The quantitative estimate of drug-likeness (QED) is 0.627. The van der Waals surface area contributed by atoms with Gasteiger partial charge < -0.3 is 9.47 Å². The molecular weight excluding hydrogens is 295 g/mol. The van der Waals surface area contributed by atoms with Crippen LogP contribution in [0.15, 0.2) is 78.9 Å². The first-order valence-corrected chi connectivity index (χ1v) is 7.74. The Kier molecular flexibility index (Phi) is 4.47. The lowest BCUT2D eigenvalue weighted by molar-refractivity contribution is 0.462. The molecule has 3 rings (SSSR count). The van der Waals surface area contributed by atoms with Gasteiger partial charge in [-0.3, -0.25) is 0 Å². The summed E-state index contributed by atoms with van der Waals surface area (Å²) in [6.07, 6.45) is 0. The summed E-state index contributed by atoms with van der Waals surface area (Å²) in [7, 11) is -0.586. The molecule has 0 fully saturated rings. The average Bonchev–Trinajstić information content (AvgIpc) is 2.57. The molecule has 0 saturated heterocycles. The molecule has 1 atom stereocenters. The monoisotopic (exact) mass is 309 g/mol. The molecule has 0 saturated carbocycles. The zero-order chi connectivity index (χ0) is 15.2. The van der Waals surface area contributed by atoms with Crippen molar-refractivity contribution in [1.82, 2.24) is 0 Å². The zero-order valence-corrected chi connectivity index (χ0v) is 12.7. The van der Waals surface area contributed by atoms with Gasteiger partial charge >= 0.3 is 8.46 Å². The number of hydrogen-bond donors (Lipinski definition) is 0. The van der Waals surface area contributed by atoms with Crippen molar-refractivity contribution in [2.24, 2.45) is 0 Å². The highest BCUT2D eigenvalue weighted by Crippen LogP contribution is 2.28. The molecule has 22 heavy (non-hydrogen) atoms. The second kappa shape index (κ2) is 6.88. The van der Waals surface area contributed by atoms with E-state index in [4.69, 9.17) is 9.47 Å². The summed E-state index contributed by atoms with van der Waals surface area (Å²) in [6.45, 7) is 0. The molecule has 0 aliphatic heterocycles. The van der Waals surface area contributed by atoms with Gasteiger partial charge in [0.25, 0.3) is 0 Å². The van der Waals surface area contributed by atoms with E-state index in [2.05, 4.69) is 0 Å². The predicted octanol–water partition coefficient (Wildman–Crippen LogP) is 4.92. The standard InChI is InChI=1S/C18H13O3P/c19-22-18-12-11-16(20-14-7-3-1-4-8-14)13-17(18)21-15-9-5-2-6-10-15/h1-13H/p+1. The Balaban J connectivity index is 1.88. The molecule has 0 aliphatic rings. The van der Waals surface area contributed by atoms with E-state index in [1.807, 2.05) is 60.7 Å². The molecule has 0 aromatic heterocycles. The molecule has 0 heterocycles. The highest BCUT2D eigenvalue weighted by atomic mass is 31.1. The van der Waals surface area contributed by atoms with Crippen LogP contribution in [0.3, 0.4) is 0 Å². The van der Waals surface area contributed by atoms with E-state index in [1.165, 1.54) is 0 Å². The Morgan fingerprint density at radius 1 is 0.636 bits per heavy atom. The van der Waals surface area contributed by atoms with Gasteiger partial charge in [0.1, 0.15) is 17.2 Å². The van der Waals surface area contributed by atoms with Gasteiger partial charge in [-0.25, -0.2) is 0 Å². The third-order valence-corrected chi connectivity index (χ3v) is 3.65. The summed E-state index contributed by atoms with van der Waals surface area (Å²) in [5, 5.41) is 0.629. The van der Waals surface area contributed by atoms with Gasteiger partial charge in [0, 0.05) is 6.07 Å². The Labute approximate surface area is 130 Å². The first kappa shape index (κ1) is 14.3. The Hall–Kier alpha value is -2.64. The molecule has 0 radical (unpaired) electrons. The van der Waals surface area contributed by atoms with Crippen molar-refractivity contribution in [2.45, 2.75) is 0 Å². The highest BCUT2D eigenvalue weighted by Gasteiger charge is 2.13. The Morgan fingerprint density at radius 2 is 1.23 bits per heavy atom. The van der Waals surface area contributed by atoms with Crippen molar-refractivity contribution in [3.63, 3.8) is 0 Å². The zero-order valence-electron chi connectivity index (χ0n) is 11.7. The van der Waals surface area contributed by atoms with Crippen LogP contribution in [0.25, 0.3) is 0 Å². The van der Waals surface area contributed by atoms with Crippen molar-refractivity contribution in [2.75, 3.05) is 0 Å². The molecule has 3 aromatic rings. The van der Waals surface area contributed by atoms with Crippen molar-refractivity contribution < 1.29 is 14.0 Å². The third kappa shape index (κ3) is 3.51. The lowest BCUT2D eigenvalue weighted by Crippen LogP contribution is -1.99. The van der Waals surface area contributed by atoms with Crippen LogP contribution in [0.4, 0.5) is 0 Å². The Morgan fingerprint density at radius 3 is 1.82 bits per heavy atom. The topological polar surface area (TPSA) is 35.5 Å². The first-order chi connectivity index (χ1) is 10.8. The Bertz CT molecular complexity index is 758. The van der Waals surface area contributed by atoms with Gasteiger partial charge in [0.05, 0.1) is 0 Å². The van der Waals surface area contributed by atoms with Gasteiger partial charge in [-0.15, -0.1) is 0 Å². The lowest BCUT2D eigenvalue weighted by Gasteiger charge is -2.09. The van der Waals surface area contributed by atoms with Crippen LogP contribution in [0.5, 0.6) is 23.0 Å². The molecule has 0 bridgehead atoms. The van der Waals surface area contributed by atoms with Crippen LogP contribution >= 0.6 is 8.46 Å². The smallest absolute Gasteiger partial charge is 0.367 e. The van der Waals surface area contributed by atoms with Crippen LogP contribution in [0.2, 0.25) is 0 Å². The van der Waals surface area contributed by atoms with Crippen LogP contribution in [0.1, 0.15) is 0 Å². The molecule has 3 nitrogen and oxygen atoms in total. The van der Waals surface area contributed by atoms with E-state index in [9.17, 15) is 4.57 Å². The first-order valence-electron chi connectivity index (χ1n) is 6.83. The van der Waals surface area contributed by atoms with Gasteiger partial charge in [0.15, 0.2) is 5.75 Å². The third-order valence-electron chi connectivity index (χ3n) is 3.01. The molecule has 108 valence electrons. The van der Waals surface area contributed by atoms with E-state index in [0.29, 0.717) is 22.6 Å². The fraction of sp³-hybridized carbons (Fsp3) is 0. The fourth-order valence-corrected chi connectivity index (χ4v) is 2.35. The molecule has 0 amide bonds. The SMILES string of the molecule is O=[PH+]c1ccc(Oc2ccccc2)cc1Oc1ccccc1. The van der Waals surface area contributed by atoms with Gasteiger partial charge in [0.2, 0.25) is 5.30 Å². The maximum atomic E-state index is 11.3. The lowest BCUT2D eigenvalue weighted by atomic mass is 10.3. The van der Waals surface area contributed by atoms with E-state index in [-0.39, 0.29) is 0 Å². The maximum Gasteiger partial charge on any atom is 0.367 e. The molecule has 0 spiro atoms. The van der Waals surface area contributed by atoms with Crippen molar-refractivity contribution in [3.8, 4) is 23.0 Å². The summed E-state index contributed by atoms with van der Waals surface area (Å²) in [5.41, 5.74) is 0. The normalized spacial score (nSPS) is 10.4. The van der Waals surface area contributed by atoms with E-state index in [0.717, 1.165) is 5.75 Å². The summed E-state index contributed by atoms with van der Waals surface area (Å²) in [5.74, 6) is 2.61. The average molecular weight is 309 g/mol. The minimum atomic E-state index is -0.586. The summed E-state index contributed by atoms with van der Waals surface area (Å²) in [4.78, 5) is 0. The van der Waals surface area contributed by atoms with Crippen LogP contribution in [0, 0.1) is 0 Å². The number of ether oxygens (including phenoxy) is 2. The predicted molar refractivity (Wildman–Crippen MR) is 88.1 cm³/mol. The molecule has 0 aliphatic carbocycles. The molecule has 3 aromatic carbocycles. The van der Waals surface area contributed by atoms with Gasteiger partial charge in [-0.1, -0.05) is 41.0 Å². The van der Waals surface area contributed by atoms with Crippen LogP contribution < -0.4 is 14.8 Å². The molecular formula is C18H14O3P+. The van der Waals surface area contributed by atoms with Crippen molar-refractivity contribution in [1.29, 1.82) is 0 Å². The van der Waals surface area contributed by atoms with Gasteiger partial charge in [-0.2, -0.15) is 0 Å². The number of benzene rings is 3. The minimum absolute atomic E-state index is 0.535. The summed E-state index contributed by atoms with van der Waals surface area (Å²) < 4.78 is 22.9. The van der Waals surface area contributed by atoms with E-state index >= 15 is 0 Å². The largest absolute Gasteiger partial charge is 0.457 e. The highest BCUT2D eigenvalue weighted by molar-refractivity contribution is 7.34. The molecule has 4 heteroatoms. The van der Waals surface area contributed by atoms with Crippen LogP contribution in [-0.2, 0) is 4.57 Å². The number of para-hydroxylation sites is 2. The summed E-state index contributed by atoms with van der Waals surface area (Å²) in [6, 6.07) is 24.2. The van der Waals surface area contributed by atoms with Gasteiger partial charge in [-0.05, 0) is 36.4 Å².